The van der Waals surface area contributed by atoms with Crippen LogP contribution in [-0.2, 0) is 11.4 Å². The number of nitrogens with zero attached hydrogens (tertiary/aromatic N) is 4. The van der Waals surface area contributed by atoms with Crippen molar-refractivity contribution in [3.05, 3.63) is 64.0 Å². The van der Waals surface area contributed by atoms with Gasteiger partial charge in [-0.1, -0.05) is 35.0 Å². The monoisotopic (exact) mass is 491 g/mol. The Bertz CT molecular complexity index is 1130. The summed E-state index contributed by atoms with van der Waals surface area (Å²) in [5.41, 5.74) is 3.16. The lowest BCUT2D eigenvalue weighted by Gasteiger charge is -2.05. The first-order chi connectivity index (χ1) is 15.5. The van der Waals surface area contributed by atoms with E-state index in [9.17, 15) is 4.79 Å². The van der Waals surface area contributed by atoms with Gasteiger partial charge in [-0.2, -0.15) is 10.4 Å². The highest BCUT2D eigenvalue weighted by Crippen LogP contribution is 2.28. The van der Waals surface area contributed by atoms with Crippen LogP contribution < -0.4 is 14.9 Å². The Hall–Kier alpha value is -3.26. The van der Waals surface area contributed by atoms with E-state index in [2.05, 4.69) is 20.7 Å². The summed E-state index contributed by atoms with van der Waals surface area (Å²) < 4.78 is 16.1. The predicted molar refractivity (Wildman–Crippen MR) is 119 cm³/mol. The largest absolute Gasteiger partial charge is 0.482 e. The Morgan fingerprint density at radius 2 is 2.03 bits per heavy atom. The van der Waals surface area contributed by atoms with Gasteiger partial charge in [0.1, 0.15) is 17.6 Å². The molecule has 0 bridgehead atoms. The fourth-order valence-electron chi connectivity index (χ4n) is 2.19. The molecule has 1 heterocycles. The van der Waals surface area contributed by atoms with Crippen LogP contribution >= 0.6 is 35.0 Å². The van der Waals surface area contributed by atoms with Gasteiger partial charge in [-0.25, -0.2) is 5.43 Å². The Kier molecular flexibility index (Phi) is 8.74. The number of benzene rings is 2. The van der Waals surface area contributed by atoms with E-state index in [1.165, 1.54) is 6.21 Å². The minimum absolute atomic E-state index is 0.0196. The zero-order valence-electron chi connectivity index (χ0n) is 16.3. The van der Waals surface area contributed by atoms with Crippen LogP contribution in [0.15, 0.2) is 57.2 Å². The summed E-state index contributed by atoms with van der Waals surface area (Å²) in [6.07, 6.45) is 1.49. The van der Waals surface area contributed by atoms with E-state index < -0.39 is 0 Å². The standard InChI is InChI=1S/C20H15Cl2N5O4S/c21-14-3-6-17(16(22)9-14)30-11-19-26-27-20(31-19)32-12-18(28)25-24-10-13-1-4-15(5-2-13)29-8-7-23/h1-6,9-10H,8,11-12H2,(H,25,28)/b24-10-. The Balaban J connectivity index is 1.40. The molecule has 2 aromatic carbocycles. The van der Waals surface area contributed by atoms with Crippen molar-refractivity contribution in [2.24, 2.45) is 5.10 Å². The molecule has 0 aliphatic carbocycles. The number of nitriles is 1. The van der Waals surface area contributed by atoms with Gasteiger partial charge >= 0.3 is 0 Å². The molecule has 12 heteroatoms. The van der Waals surface area contributed by atoms with Gasteiger partial charge in [0, 0.05) is 5.02 Å². The number of hydrazone groups is 1. The predicted octanol–water partition coefficient (Wildman–Crippen LogP) is 4.10. The highest BCUT2D eigenvalue weighted by Gasteiger charge is 2.11. The summed E-state index contributed by atoms with van der Waals surface area (Å²) >= 11 is 12.9. The number of thioether (sulfide) groups is 1. The summed E-state index contributed by atoms with van der Waals surface area (Å²) in [5, 5.41) is 21.2. The molecular weight excluding hydrogens is 477 g/mol. The van der Waals surface area contributed by atoms with Crippen LogP contribution in [0, 0.1) is 11.3 Å². The molecule has 1 amide bonds. The third-order valence-electron chi connectivity index (χ3n) is 3.61. The van der Waals surface area contributed by atoms with Crippen molar-refractivity contribution < 1.29 is 18.7 Å². The summed E-state index contributed by atoms with van der Waals surface area (Å²) in [5.74, 6) is 0.933. The molecule has 0 radical (unpaired) electrons. The average Bonchev–Trinajstić information content (AvgIpc) is 3.24. The van der Waals surface area contributed by atoms with Gasteiger partial charge in [-0.05, 0) is 48.0 Å². The number of hydrogen-bond acceptors (Lipinski definition) is 9. The van der Waals surface area contributed by atoms with Gasteiger partial charge in [-0.15, -0.1) is 10.2 Å². The molecule has 9 nitrogen and oxygen atoms in total. The van der Waals surface area contributed by atoms with E-state index in [4.69, 9.17) is 42.4 Å². The third-order valence-corrected chi connectivity index (χ3v) is 4.96. The summed E-state index contributed by atoms with van der Waals surface area (Å²) in [6, 6.07) is 13.6. The third kappa shape index (κ3) is 7.46. The number of hydrogen-bond donors (Lipinski definition) is 1. The molecule has 3 rings (SSSR count). The lowest BCUT2D eigenvalue weighted by Crippen LogP contribution is -2.19. The van der Waals surface area contributed by atoms with Gasteiger partial charge in [-0.3, -0.25) is 4.79 Å². The van der Waals surface area contributed by atoms with E-state index in [1.807, 2.05) is 6.07 Å². The smallest absolute Gasteiger partial charge is 0.277 e. The first-order valence-electron chi connectivity index (χ1n) is 8.98. The van der Waals surface area contributed by atoms with E-state index in [0.717, 1.165) is 17.3 Å². The normalized spacial score (nSPS) is 10.7. The fourth-order valence-corrected chi connectivity index (χ4v) is 3.23. The topological polar surface area (TPSA) is 123 Å². The molecule has 0 aliphatic rings. The molecule has 0 spiro atoms. The van der Waals surface area contributed by atoms with Crippen molar-refractivity contribution in [3.8, 4) is 17.6 Å². The van der Waals surface area contributed by atoms with Gasteiger partial charge in [0.25, 0.3) is 17.0 Å². The van der Waals surface area contributed by atoms with Crippen LogP contribution in [0.25, 0.3) is 0 Å². The molecule has 32 heavy (non-hydrogen) atoms. The van der Waals surface area contributed by atoms with Crippen molar-refractivity contribution in [2.75, 3.05) is 12.4 Å². The lowest BCUT2D eigenvalue weighted by atomic mass is 10.2. The van der Waals surface area contributed by atoms with Crippen molar-refractivity contribution in [1.82, 2.24) is 15.6 Å². The maximum atomic E-state index is 11.9. The van der Waals surface area contributed by atoms with E-state index in [1.54, 1.807) is 42.5 Å². The van der Waals surface area contributed by atoms with Crippen LogP contribution in [0.2, 0.25) is 10.0 Å². The minimum atomic E-state index is -0.343. The van der Waals surface area contributed by atoms with Crippen molar-refractivity contribution in [2.45, 2.75) is 11.8 Å². The number of rotatable bonds is 10. The molecule has 0 unspecified atom stereocenters. The molecule has 0 aliphatic heterocycles. The van der Waals surface area contributed by atoms with Gasteiger partial charge in [0.05, 0.1) is 17.0 Å². The van der Waals surface area contributed by atoms with Crippen LogP contribution in [0.3, 0.4) is 0 Å². The van der Waals surface area contributed by atoms with Gasteiger partial charge < -0.3 is 13.9 Å². The maximum absolute atomic E-state index is 11.9. The summed E-state index contributed by atoms with van der Waals surface area (Å²) in [6.45, 7) is -0.00182. The number of ether oxygens (including phenoxy) is 2. The number of carbonyl (C=O) groups excluding carboxylic acids is 1. The zero-order valence-corrected chi connectivity index (χ0v) is 18.7. The lowest BCUT2D eigenvalue weighted by molar-refractivity contribution is -0.118. The molecule has 0 saturated heterocycles. The SMILES string of the molecule is N#CCOc1ccc(/C=N\NC(=O)CSc2nnc(COc3ccc(Cl)cc3Cl)o2)cc1. The first kappa shape index (κ1) is 23.4. The molecule has 1 aromatic heterocycles. The number of carbonyl (C=O) groups is 1. The maximum Gasteiger partial charge on any atom is 0.277 e. The molecule has 164 valence electrons. The van der Waals surface area contributed by atoms with E-state index in [-0.39, 0.29) is 36.0 Å². The number of aromatic nitrogens is 2. The van der Waals surface area contributed by atoms with E-state index in [0.29, 0.717) is 21.5 Å². The average molecular weight is 492 g/mol. The van der Waals surface area contributed by atoms with E-state index >= 15 is 0 Å². The number of nitrogens with one attached hydrogen (secondary N) is 1. The second-order valence-corrected chi connectivity index (χ2v) is 7.69. The zero-order chi connectivity index (χ0) is 22.8. The second kappa shape index (κ2) is 12.0. The van der Waals surface area contributed by atoms with Crippen molar-refractivity contribution in [3.63, 3.8) is 0 Å². The molecule has 1 N–H and O–H groups in total. The highest BCUT2D eigenvalue weighted by molar-refractivity contribution is 7.99. The number of amides is 1. The highest BCUT2D eigenvalue weighted by atomic mass is 35.5. The Morgan fingerprint density at radius 1 is 1.22 bits per heavy atom. The molecule has 0 fully saturated rings. The Labute approximate surface area is 197 Å². The number of halogens is 2. The summed E-state index contributed by atoms with van der Waals surface area (Å²) in [4.78, 5) is 11.9. The van der Waals surface area contributed by atoms with Crippen LogP contribution in [0.5, 0.6) is 11.5 Å². The Morgan fingerprint density at radius 3 is 2.78 bits per heavy atom. The van der Waals surface area contributed by atoms with Crippen LogP contribution in [0.1, 0.15) is 11.5 Å². The second-order valence-electron chi connectivity index (χ2n) is 5.92. The van der Waals surface area contributed by atoms with Gasteiger partial charge in [0.2, 0.25) is 0 Å². The van der Waals surface area contributed by atoms with Crippen molar-refractivity contribution >= 4 is 47.1 Å². The van der Waals surface area contributed by atoms with Crippen LogP contribution in [-0.4, -0.2) is 34.7 Å². The van der Waals surface area contributed by atoms with Crippen molar-refractivity contribution in [1.29, 1.82) is 5.26 Å². The molecule has 0 saturated carbocycles. The van der Waals surface area contributed by atoms with Crippen LogP contribution in [0.4, 0.5) is 0 Å². The molecule has 0 atom stereocenters. The summed E-state index contributed by atoms with van der Waals surface area (Å²) in [7, 11) is 0. The quantitative estimate of drug-likeness (QED) is 0.255. The molecular formula is C20H15Cl2N5O4S. The first-order valence-corrected chi connectivity index (χ1v) is 10.7. The van der Waals surface area contributed by atoms with Gasteiger partial charge in [0.15, 0.2) is 13.2 Å². The molecule has 3 aromatic rings. The fraction of sp³-hybridized carbons (Fsp3) is 0.150. The minimum Gasteiger partial charge on any atom is -0.482 e.